The van der Waals surface area contributed by atoms with Crippen LogP contribution in [0.1, 0.15) is 92.9 Å². The van der Waals surface area contributed by atoms with Crippen molar-refractivity contribution in [1.82, 2.24) is 0 Å². The molecule has 0 aromatic rings. The number of hydrogen-bond acceptors (Lipinski definition) is 6. The average Bonchev–Trinajstić information content (AvgIpc) is 3.62. The maximum Gasteiger partial charge on any atom is 0.201 e. The van der Waals surface area contributed by atoms with E-state index in [1.165, 1.54) is 19.3 Å². The van der Waals surface area contributed by atoms with E-state index in [1.807, 2.05) is 6.92 Å². The Kier molecular flexibility index (Phi) is 4.09. The van der Waals surface area contributed by atoms with E-state index < -0.39 is 17.7 Å². The molecule has 8 fully saturated rings. The molecule has 8 rings (SSSR count). The van der Waals surface area contributed by atoms with Crippen LogP contribution in [0.3, 0.4) is 0 Å². The molecule has 5 saturated carbocycles. The molecule has 36 heavy (non-hydrogen) atoms. The molecule has 0 radical (unpaired) electrons. The Bertz CT molecular complexity index is 1030. The van der Waals surface area contributed by atoms with Gasteiger partial charge < -0.3 is 29.5 Å². The van der Waals surface area contributed by atoms with E-state index in [1.54, 1.807) is 0 Å². The summed E-state index contributed by atoms with van der Waals surface area (Å²) in [4.78, 5) is 0. The summed E-state index contributed by atoms with van der Waals surface area (Å²) in [6.45, 7) is 13.7. The third-order valence-electron chi connectivity index (χ3n) is 14.8. The van der Waals surface area contributed by atoms with Gasteiger partial charge in [0.15, 0.2) is 6.29 Å². The molecular formula is C30H46O6. The van der Waals surface area contributed by atoms with Crippen LogP contribution in [0.5, 0.6) is 0 Å². The zero-order valence-corrected chi connectivity index (χ0v) is 22.9. The minimum Gasteiger partial charge on any atom is -0.393 e. The molecule has 3 aliphatic heterocycles. The molecule has 6 heteroatoms. The van der Waals surface area contributed by atoms with Crippen LogP contribution in [0.4, 0.5) is 0 Å². The maximum atomic E-state index is 12.2. The lowest BCUT2D eigenvalue weighted by Crippen LogP contribution is -2.63. The van der Waals surface area contributed by atoms with Gasteiger partial charge in [0.1, 0.15) is 11.7 Å². The first-order valence-electron chi connectivity index (χ1n) is 14.8. The number of ether oxygens (including phenoxy) is 3. The quantitative estimate of drug-likeness (QED) is 0.434. The lowest BCUT2D eigenvalue weighted by atomic mass is 9.41. The van der Waals surface area contributed by atoms with Crippen LogP contribution in [-0.4, -0.2) is 57.4 Å². The monoisotopic (exact) mass is 502 g/mol. The number of rotatable bonds is 0. The third kappa shape index (κ3) is 2.19. The van der Waals surface area contributed by atoms with Gasteiger partial charge in [-0.05, 0) is 97.2 Å². The Morgan fingerprint density at radius 3 is 2.14 bits per heavy atom. The van der Waals surface area contributed by atoms with Gasteiger partial charge in [-0.15, -0.1) is 0 Å². The normalized spacial score (nSPS) is 69.8. The molecule has 15 atom stereocenters. The van der Waals surface area contributed by atoms with Crippen molar-refractivity contribution < 1.29 is 29.5 Å². The molecule has 202 valence electrons. The van der Waals surface area contributed by atoms with Crippen LogP contribution in [0.15, 0.2) is 0 Å². The van der Waals surface area contributed by atoms with E-state index in [0.29, 0.717) is 24.2 Å². The van der Waals surface area contributed by atoms with Gasteiger partial charge in [-0.25, -0.2) is 0 Å². The van der Waals surface area contributed by atoms with E-state index in [9.17, 15) is 15.3 Å². The minimum atomic E-state index is -0.943. The van der Waals surface area contributed by atoms with Crippen molar-refractivity contribution in [1.29, 1.82) is 0 Å². The zero-order chi connectivity index (χ0) is 25.5. The van der Waals surface area contributed by atoms with Crippen LogP contribution < -0.4 is 0 Å². The third-order valence-corrected chi connectivity index (χ3v) is 14.8. The van der Waals surface area contributed by atoms with Gasteiger partial charge in [0.25, 0.3) is 0 Å². The number of fused-ring (bicyclic) bond motifs is 6. The standard InChI is InChI=1S/C30H46O6/c1-15-11-30(22-27(6,35-22)23(33)36-30)34-16-12-25(4)18-8-7-17-24(2,3)19(31)9-10-28(17)14-29(18,28)13-20(32)26(25,5)21(15)16/h15-23,31-33H,7-14H2,1-6H3/t15-,16+,17+,18+,19+,20-,21+,22+,23+,25+,26-,27-,28-,29+,30-/m1/s1. The summed E-state index contributed by atoms with van der Waals surface area (Å²) in [5.41, 5.74) is -0.433. The fourth-order valence-corrected chi connectivity index (χ4v) is 13.0. The Morgan fingerprint density at radius 2 is 1.47 bits per heavy atom. The maximum absolute atomic E-state index is 12.2. The Labute approximate surface area is 215 Å². The summed E-state index contributed by atoms with van der Waals surface area (Å²) in [6, 6.07) is 0. The first-order valence-corrected chi connectivity index (χ1v) is 14.8. The summed E-state index contributed by atoms with van der Waals surface area (Å²) in [7, 11) is 0. The Morgan fingerprint density at radius 1 is 0.750 bits per heavy atom. The number of aliphatic hydroxyl groups excluding tert-OH is 3. The van der Waals surface area contributed by atoms with E-state index in [4.69, 9.17) is 14.2 Å². The Balaban J connectivity index is 1.17. The second kappa shape index (κ2) is 6.23. The highest BCUT2D eigenvalue weighted by Crippen LogP contribution is 2.89. The molecule has 3 saturated heterocycles. The highest BCUT2D eigenvalue weighted by atomic mass is 16.8. The van der Waals surface area contributed by atoms with E-state index in [-0.39, 0.29) is 57.4 Å². The number of hydrogen-bond donors (Lipinski definition) is 3. The van der Waals surface area contributed by atoms with Crippen molar-refractivity contribution in [2.24, 2.45) is 50.7 Å². The van der Waals surface area contributed by atoms with E-state index >= 15 is 0 Å². The Hall–Kier alpha value is -0.240. The van der Waals surface area contributed by atoms with Crippen LogP contribution in [0.25, 0.3) is 0 Å². The predicted molar refractivity (Wildman–Crippen MR) is 131 cm³/mol. The van der Waals surface area contributed by atoms with Crippen molar-refractivity contribution in [3.05, 3.63) is 0 Å². The topological polar surface area (TPSA) is 91.7 Å². The number of aliphatic hydroxyl groups is 3. The van der Waals surface area contributed by atoms with Crippen molar-refractivity contribution >= 4 is 0 Å². The van der Waals surface area contributed by atoms with Crippen molar-refractivity contribution in [3.8, 4) is 0 Å². The second-order valence-corrected chi connectivity index (χ2v) is 16.0. The molecule has 0 aromatic heterocycles. The SMILES string of the molecule is C[C@@H]1C[C@@]2(O[C@H]3C[C@@]4(C)[C@@H]5CC[C@H]6C(C)(C)[C@@H](O)CC[C@@]67C[C@@]57C[C@@H](O)[C@]4(C)[C@@H]13)O[C@H](O)[C@]1(C)O[C@H]21. The van der Waals surface area contributed by atoms with Crippen LogP contribution in [0, 0.1) is 50.7 Å². The van der Waals surface area contributed by atoms with Crippen LogP contribution in [0.2, 0.25) is 0 Å². The van der Waals surface area contributed by atoms with Gasteiger partial charge >= 0.3 is 0 Å². The molecule has 0 bridgehead atoms. The van der Waals surface area contributed by atoms with Crippen LogP contribution >= 0.6 is 0 Å². The molecule has 3 spiro atoms. The molecule has 3 heterocycles. The average molecular weight is 503 g/mol. The largest absolute Gasteiger partial charge is 0.393 e. The van der Waals surface area contributed by atoms with Crippen molar-refractivity contribution in [2.45, 2.75) is 135 Å². The summed E-state index contributed by atoms with van der Waals surface area (Å²) < 4.78 is 19.0. The lowest BCUT2D eigenvalue weighted by Gasteiger charge is -2.64. The minimum absolute atomic E-state index is 0.00402. The summed E-state index contributed by atoms with van der Waals surface area (Å²) >= 11 is 0. The van der Waals surface area contributed by atoms with Gasteiger partial charge in [0.05, 0.1) is 18.3 Å². The van der Waals surface area contributed by atoms with Gasteiger partial charge in [-0.3, -0.25) is 0 Å². The van der Waals surface area contributed by atoms with Gasteiger partial charge in [-0.2, -0.15) is 0 Å². The zero-order valence-electron chi connectivity index (χ0n) is 22.9. The summed E-state index contributed by atoms with van der Waals surface area (Å²) in [5.74, 6) is 0.843. The van der Waals surface area contributed by atoms with Gasteiger partial charge in [0.2, 0.25) is 5.79 Å². The van der Waals surface area contributed by atoms with Gasteiger partial charge in [0, 0.05) is 11.8 Å². The molecule has 0 amide bonds. The van der Waals surface area contributed by atoms with E-state index in [0.717, 1.165) is 25.7 Å². The first kappa shape index (κ1) is 23.6. The van der Waals surface area contributed by atoms with E-state index in [2.05, 4.69) is 34.6 Å². The molecular weight excluding hydrogens is 456 g/mol. The molecule has 6 nitrogen and oxygen atoms in total. The lowest BCUT2D eigenvalue weighted by molar-refractivity contribution is -0.346. The molecule has 8 aliphatic rings. The summed E-state index contributed by atoms with van der Waals surface area (Å²) in [6.07, 6.45) is 6.48. The number of epoxide rings is 1. The molecule has 0 unspecified atom stereocenters. The molecule has 3 N–H and O–H groups in total. The van der Waals surface area contributed by atoms with Crippen LogP contribution in [-0.2, 0) is 14.2 Å². The molecule has 5 aliphatic carbocycles. The fraction of sp³-hybridized carbons (Fsp3) is 1.00. The highest BCUT2D eigenvalue weighted by Gasteiger charge is 2.86. The summed E-state index contributed by atoms with van der Waals surface area (Å²) in [5, 5.41) is 33.7. The smallest absolute Gasteiger partial charge is 0.201 e. The van der Waals surface area contributed by atoms with Crippen molar-refractivity contribution in [3.63, 3.8) is 0 Å². The van der Waals surface area contributed by atoms with Crippen molar-refractivity contribution in [2.75, 3.05) is 0 Å². The highest BCUT2D eigenvalue weighted by molar-refractivity contribution is 5.33. The predicted octanol–water partition coefficient (Wildman–Crippen LogP) is 3.99. The fourth-order valence-electron chi connectivity index (χ4n) is 13.0. The first-order chi connectivity index (χ1) is 16.7. The molecule has 0 aromatic carbocycles. The second-order valence-electron chi connectivity index (χ2n) is 16.0. The van der Waals surface area contributed by atoms with Gasteiger partial charge in [-0.1, -0.05) is 34.6 Å².